The Kier molecular flexibility index (Phi) is 8.92. The summed E-state index contributed by atoms with van der Waals surface area (Å²) in [4.78, 5) is 12.1. The van der Waals surface area contributed by atoms with Gasteiger partial charge in [0.05, 0.1) is 18.5 Å². The number of nitrogens with one attached hydrogen (secondary N) is 2. The lowest BCUT2D eigenvalue weighted by atomic mass is 10.2. The van der Waals surface area contributed by atoms with Crippen LogP contribution in [0, 0.1) is 3.57 Å². The molecule has 0 saturated carbocycles. The lowest BCUT2D eigenvalue weighted by Gasteiger charge is -2.09. The summed E-state index contributed by atoms with van der Waals surface area (Å²) >= 11 is 9.49. The fourth-order valence-electron chi connectivity index (χ4n) is 2.55. The molecule has 0 atom stereocenters. The van der Waals surface area contributed by atoms with Crippen LogP contribution in [-0.4, -0.2) is 32.6 Å². The molecular weight excluding hydrogens is 547 g/mol. The maximum atomic E-state index is 12.1. The molecule has 1 heterocycles. The number of benzene rings is 2. The van der Waals surface area contributed by atoms with E-state index in [0.29, 0.717) is 23.3 Å². The summed E-state index contributed by atoms with van der Waals surface area (Å²) in [6.45, 7) is 4.86. The van der Waals surface area contributed by atoms with Crippen molar-refractivity contribution in [2.75, 3.05) is 11.1 Å². The van der Waals surface area contributed by atoms with Crippen molar-refractivity contribution in [3.05, 3.63) is 81.2 Å². The number of amides is 1. The van der Waals surface area contributed by atoms with E-state index in [4.69, 9.17) is 11.6 Å². The molecule has 0 bridgehead atoms. The van der Waals surface area contributed by atoms with Crippen LogP contribution >= 0.6 is 46.0 Å². The van der Waals surface area contributed by atoms with Crippen LogP contribution in [0.1, 0.15) is 11.4 Å². The van der Waals surface area contributed by atoms with Gasteiger partial charge in [-0.05, 0) is 64.6 Å². The number of hydrogen-bond donors (Lipinski definition) is 2. The van der Waals surface area contributed by atoms with E-state index in [2.05, 4.69) is 55.2 Å². The Labute approximate surface area is 203 Å². The van der Waals surface area contributed by atoms with E-state index in [-0.39, 0.29) is 11.7 Å². The Balaban J connectivity index is 1.54. The first-order chi connectivity index (χ1) is 15.0. The van der Waals surface area contributed by atoms with E-state index in [9.17, 15) is 4.79 Å². The average molecular weight is 567 g/mol. The van der Waals surface area contributed by atoms with Gasteiger partial charge in [0, 0.05) is 20.8 Å². The van der Waals surface area contributed by atoms with Gasteiger partial charge in [-0.15, -0.1) is 16.8 Å². The van der Waals surface area contributed by atoms with Gasteiger partial charge < -0.3 is 9.88 Å². The van der Waals surface area contributed by atoms with Crippen molar-refractivity contribution in [1.29, 1.82) is 0 Å². The molecule has 0 spiro atoms. The molecule has 0 aliphatic carbocycles. The van der Waals surface area contributed by atoms with Gasteiger partial charge in [0.25, 0.3) is 5.91 Å². The van der Waals surface area contributed by atoms with Crippen LogP contribution in [0.25, 0.3) is 0 Å². The zero-order chi connectivity index (χ0) is 22.1. The third-order valence-electron chi connectivity index (χ3n) is 3.98. The number of nitrogens with zero attached hydrogens (tertiary/aromatic N) is 4. The number of hydrogen-bond acceptors (Lipinski definition) is 6. The van der Waals surface area contributed by atoms with E-state index < -0.39 is 0 Å². The predicted molar refractivity (Wildman–Crippen MR) is 135 cm³/mol. The molecule has 0 unspecified atom stereocenters. The summed E-state index contributed by atoms with van der Waals surface area (Å²) in [5, 5.41) is 17.0. The minimum atomic E-state index is -0.241. The zero-order valence-corrected chi connectivity index (χ0v) is 20.2. The largest absolute Gasteiger partial charge is 0.378 e. The van der Waals surface area contributed by atoms with E-state index >= 15 is 0 Å². The number of anilines is 1. The number of hydrazone groups is 1. The monoisotopic (exact) mass is 566 g/mol. The van der Waals surface area contributed by atoms with Crippen molar-refractivity contribution < 1.29 is 4.79 Å². The fourth-order valence-corrected chi connectivity index (χ4v) is 3.86. The standard InChI is InChI=1S/C21H20ClIN6OS/c1-2-10-29-19(13-24-18-8-6-17(23)7-9-18)26-28-21(29)31-14-20(30)27-25-12-15-4-3-5-16(22)11-15/h2-9,11-12,24H,1,10,13-14H2,(H,27,30). The molecule has 31 heavy (non-hydrogen) atoms. The minimum Gasteiger partial charge on any atom is -0.378 e. The molecule has 0 radical (unpaired) electrons. The van der Waals surface area contributed by atoms with E-state index in [1.807, 2.05) is 41.0 Å². The van der Waals surface area contributed by atoms with Gasteiger partial charge in [-0.25, -0.2) is 5.43 Å². The van der Waals surface area contributed by atoms with Crippen LogP contribution < -0.4 is 10.7 Å². The van der Waals surface area contributed by atoms with Gasteiger partial charge in [0.2, 0.25) is 0 Å². The topological polar surface area (TPSA) is 84.2 Å². The quantitative estimate of drug-likeness (QED) is 0.123. The third-order valence-corrected chi connectivity index (χ3v) is 5.90. The highest BCUT2D eigenvalue weighted by molar-refractivity contribution is 14.1. The third kappa shape index (κ3) is 7.37. The Morgan fingerprint density at radius 1 is 1.26 bits per heavy atom. The summed E-state index contributed by atoms with van der Waals surface area (Å²) in [5.41, 5.74) is 4.31. The van der Waals surface area contributed by atoms with Crippen LogP contribution in [0.5, 0.6) is 0 Å². The lowest BCUT2D eigenvalue weighted by molar-refractivity contribution is -0.118. The van der Waals surface area contributed by atoms with Crippen molar-refractivity contribution >= 4 is 63.8 Å². The second kappa shape index (κ2) is 11.9. The molecule has 3 aromatic rings. The van der Waals surface area contributed by atoms with Crippen LogP contribution in [0.3, 0.4) is 0 Å². The first-order valence-electron chi connectivity index (χ1n) is 9.28. The SMILES string of the molecule is C=CCn1c(CNc2ccc(I)cc2)nnc1SCC(=O)NN=Cc1cccc(Cl)c1. The van der Waals surface area contributed by atoms with Gasteiger partial charge in [0.15, 0.2) is 11.0 Å². The van der Waals surface area contributed by atoms with Gasteiger partial charge in [-0.1, -0.05) is 41.6 Å². The molecule has 1 aromatic heterocycles. The Morgan fingerprint density at radius 2 is 2.06 bits per heavy atom. The molecule has 1 amide bonds. The molecule has 2 N–H and O–H groups in total. The van der Waals surface area contributed by atoms with E-state index in [0.717, 1.165) is 17.1 Å². The van der Waals surface area contributed by atoms with Crippen molar-refractivity contribution in [1.82, 2.24) is 20.2 Å². The number of halogens is 2. The summed E-state index contributed by atoms with van der Waals surface area (Å²) in [6, 6.07) is 15.3. The molecule has 2 aromatic carbocycles. The normalized spacial score (nSPS) is 10.9. The van der Waals surface area contributed by atoms with Crippen LogP contribution in [-0.2, 0) is 17.9 Å². The highest BCUT2D eigenvalue weighted by Crippen LogP contribution is 2.18. The molecule has 0 fully saturated rings. The number of allylic oxidation sites excluding steroid dienone is 1. The van der Waals surface area contributed by atoms with Crippen LogP contribution in [0.2, 0.25) is 5.02 Å². The fraction of sp³-hybridized carbons (Fsp3) is 0.143. The zero-order valence-electron chi connectivity index (χ0n) is 16.5. The highest BCUT2D eigenvalue weighted by Gasteiger charge is 2.13. The van der Waals surface area contributed by atoms with Crippen molar-refractivity contribution in [3.8, 4) is 0 Å². The number of carbonyl (C=O) groups excluding carboxylic acids is 1. The molecule has 10 heteroatoms. The molecule has 0 aliphatic rings. The Bertz CT molecular complexity index is 1070. The number of carbonyl (C=O) groups is 1. The molecule has 0 saturated heterocycles. The Hall–Kier alpha value is -2.37. The van der Waals surface area contributed by atoms with Crippen LogP contribution in [0.4, 0.5) is 5.69 Å². The summed E-state index contributed by atoms with van der Waals surface area (Å²) in [7, 11) is 0. The number of aromatic nitrogens is 3. The minimum absolute atomic E-state index is 0.159. The molecular formula is C21H20ClIN6OS. The van der Waals surface area contributed by atoms with Gasteiger partial charge in [-0.3, -0.25) is 4.79 Å². The molecule has 0 aliphatic heterocycles. The van der Waals surface area contributed by atoms with Gasteiger partial charge >= 0.3 is 0 Å². The van der Waals surface area contributed by atoms with Gasteiger partial charge in [-0.2, -0.15) is 5.10 Å². The van der Waals surface area contributed by atoms with Crippen LogP contribution in [0.15, 0.2) is 71.4 Å². The van der Waals surface area contributed by atoms with E-state index in [1.54, 1.807) is 24.4 Å². The lowest BCUT2D eigenvalue weighted by Crippen LogP contribution is -2.20. The summed E-state index contributed by atoms with van der Waals surface area (Å²) < 4.78 is 3.10. The summed E-state index contributed by atoms with van der Waals surface area (Å²) in [6.07, 6.45) is 3.32. The molecule has 7 nitrogen and oxygen atoms in total. The smallest absolute Gasteiger partial charge is 0.250 e. The maximum absolute atomic E-state index is 12.1. The summed E-state index contributed by atoms with van der Waals surface area (Å²) in [5.74, 6) is 0.683. The van der Waals surface area contributed by atoms with Crippen molar-refractivity contribution in [3.63, 3.8) is 0 Å². The maximum Gasteiger partial charge on any atom is 0.250 e. The first-order valence-corrected chi connectivity index (χ1v) is 11.7. The number of thioether (sulfide) groups is 1. The first kappa shape index (κ1) is 23.3. The highest BCUT2D eigenvalue weighted by atomic mass is 127. The Morgan fingerprint density at radius 3 is 2.81 bits per heavy atom. The van der Waals surface area contributed by atoms with E-state index in [1.165, 1.54) is 15.3 Å². The van der Waals surface area contributed by atoms with Gasteiger partial charge in [0.1, 0.15) is 0 Å². The second-order valence-electron chi connectivity index (χ2n) is 6.30. The van der Waals surface area contributed by atoms with Crippen molar-refractivity contribution in [2.45, 2.75) is 18.2 Å². The average Bonchev–Trinajstić information content (AvgIpc) is 3.14. The molecule has 3 rings (SSSR count). The van der Waals surface area contributed by atoms with Crippen molar-refractivity contribution in [2.24, 2.45) is 5.10 Å². The molecule has 160 valence electrons. The predicted octanol–water partition coefficient (Wildman–Crippen LogP) is 4.58. The second-order valence-corrected chi connectivity index (χ2v) is 8.92. The number of rotatable bonds is 10.